The van der Waals surface area contributed by atoms with Crippen LogP contribution in [-0.2, 0) is 0 Å². The summed E-state index contributed by atoms with van der Waals surface area (Å²) < 4.78 is 1.08. The molecular weight excluding hydrogens is 288 g/mol. The number of pyridine rings is 1. The van der Waals surface area contributed by atoms with Crippen LogP contribution in [0.4, 0.5) is 5.82 Å². The lowest BCUT2D eigenvalue weighted by molar-refractivity contribution is 0.503. The Hall–Kier alpha value is -0.570. The van der Waals surface area contributed by atoms with Gasteiger partial charge < -0.3 is 4.90 Å². The van der Waals surface area contributed by atoms with Gasteiger partial charge in [-0.1, -0.05) is 27.7 Å². The lowest BCUT2D eigenvalue weighted by Gasteiger charge is -2.33. The van der Waals surface area contributed by atoms with Crippen molar-refractivity contribution in [3.05, 3.63) is 22.3 Å². The summed E-state index contributed by atoms with van der Waals surface area (Å²) in [6.45, 7) is 12.2. The Morgan fingerprint density at radius 2 is 1.83 bits per heavy atom. The molecule has 1 aromatic heterocycles. The van der Waals surface area contributed by atoms with E-state index in [1.54, 1.807) is 0 Å². The van der Waals surface area contributed by atoms with E-state index in [2.05, 4.69) is 60.7 Å². The van der Waals surface area contributed by atoms with E-state index in [1.165, 1.54) is 12.8 Å². The highest BCUT2D eigenvalue weighted by Crippen LogP contribution is 2.23. The van der Waals surface area contributed by atoms with E-state index in [-0.39, 0.29) is 0 Å². The number of aromatic nitrogens is 1. The summed E-state index contributed by atoms with van der Waals surface area (Å²) in [6, 6.07) is 4.81. The first-order chi connectivity index (χ1) is 8.49. The van der Waals surface area contributed by atoms with Crippen LogP contribution in [0, 0.1) is 12.8 Å². The van der Waals surface area contributed by atoms with E-state index in [0.717, 1.165) is 22.5 Å². The Morgan fingerprint density at radius 3 is 2.28 bits per heavy atom. The minimum absolute atomic E-state index is 0.584. The first-order valence-corrected chi connectivity index (χ1v) is 7.68. The first kappa shape index (κ1) is 15.5. The van der Waals surface area contributed by atoms with Crippen molar-refractivity contribution in [1.82, 2.24) is 4.98 Å². The number of halogens is 1. The zero-order valence-electron chi connectivity index (χ0n) is 12.2. The number of hydrogen-bond donors (Lipinski definition) is 0. The Bertz CT molecular complexity index is 373. The molecule has 0 N–H and O–H groups in total. The molecule has 102 valence electrons. The number of aryl methyl sites for hydroxylation is 1. The number of anilines is 1. The molecule has 0 bridgehead atoms. The highest BCUT2D eigenvalue weighted by Gasteiger charge is 2.18. The van der Waals surface area contributed by atoms with Crippen molar-refractivity contribution < 1.29 is 0 Å². The van der Waals surface area contributed by atoms with Gasteiger partial charge in [0.15, 0.2) is 0 Å². The lowest BCUT2D eigenvalue weighted by atomic mass is 10.1. The van der Waals surface area contributed by atoms with Crippen LogP contribution in [0.15, 0.2) is 16.6 Å². The third-order valence-corrected chi connectivity index (χ3v) is 4.08. The van der Waals surface area contributed by atoms with Gasteiger partial charge in [-0.3, -0.25) is 0 Å². The largest absolute Gasteiger partial charge is 0.353 e. The maximum Gasteiger partial charge on any atom is 0.129 e. The molecular formula is C15H25BrN2. The van der Waals surface area contributed by atoms with Crippen LogP contribution in [0.25, 0.3) is 0 Å². The fraction of sp³-hybridized carbons (Fsp3) is 0.667. The van der Waals surface area contributed by atoms with E-state index in [4.69, 9.17) is 4.98 Å². The average molecular weight is 313 g/mol. The van der Waals surface area contributed by atoms with E-state index in [0.29, 0.717) is 12.0 Å². The van der Waals surface area contributed by atoms with Crippen molar-refractivity contribution in [2.24, 2.45) is 5.92 Å². The zero-order valence-corrected chi connectivity index (χ0v) is 13.8. The van der Waals surface area contributed by atoms with Crippen LogP contribution in [0.2, 0.25) is 0 Å². The summed E-state index contributed by atoms with van der Waals surface area (Å²) in [5.41, 5.74) is 1.06. The van der Waals surface area contributed by atoms with Crippen LogP contribution in [0.5, 0.6) is 0 Å². The normalized spacial score (nSPS) is 11.3. The van der Waals surface area contributed by atoms with Crippen molar-refractivity contribution in [2.45, 2.75) is 53.5 Å². The fourth-order valence-corrected chi connectivity index (χ4v) is 2.46. The topological polar surface area (TPSA) is 16.1 Å². The SMILES string of the molecule is CCC(CC)N(CC(C)C)c1ccc(Br)c(C)n1. The average Bonchev–Trinajstić information content (AvgIpc) is 2.32. The van der Waals surface area contributed by atoms with Crippen molar-refractivity contribution in [3.8, 4) is 0 Å². The van der Waals surface area contributed by atoms with Crippen molar-refractivity contribution in [3.63, 3.8) is 0 Å². The van der Waals surface area contributed by atoms with Crippen LogP contribution in [0.3, 0.4) is 0 Å². The molecule has 1 rings (SSSR count). The molecule has 2 nitrogen and oxygen atoms in total. The molecule has 0 saturated heterocycles. The molecule has 0 radical (unpaired) electrons. The minimum atomic E-state index is 0.584. The fourth-order valence-electron chi connectivity index (χ4n) is 2.24. The Kier molecular flexibility index (Phi) is 6.13. The van der Waals surface area contributed by atoms with Gasteiger partial charge in [-0.2, -0.15) is 0 Å². The van der Waals surface area contributed by atoms with Crippen LogP contribution in [-0.4, -0.2) is 17.6 Å². The molecule has 0 amide bonds. The summed E-state index contributed by atoms with van der Waals surface area (Å²) in [5.74, 6) is 1.76. The number of rotatable bonds is 6. The molecule has 3 heteroatoms. The highest BCUT2D eigenvalue weighted by atomic mass is 79.9. The van der Waals surface area contributed by atoms with Gasteiger partial charge in [0.2, 0.25) is 0 Å². The zero-order chi connectivity index (χ0) is 13.7. The summed E-state index contributed by atoms with van der Waals surface area (Å²) in [5, 5.41) is 0. The smallest absolute Gasteiger partial charge is 0.129 e. The van der Waals surface area contributed by atoms with Gasteiger partial charge in [0.1, 0.15) is 5.82 Å². The second-order valence-corrected chi connectivity index (χ2v) is 6.11. The predicted octanol–water partition coefficient (Wildman–Crippen LogP) is 4.80. The molecule has 18 heavy (non-hydrogen) atoms. The Labute approximate surface area is 120 Å². The molecule has 0 fully saturated rings. The Balaban J connectivity index is 3.04. The van der Waals surface area contributed by atoms with Gasteiger partial charge in [0.25, 0.3) is 0 Å². The van der Waals surface area contributed by atoms with Gasteiger partial charge in [0.05, 0.1) is 5.69 Å². The molecule has 0 spiro atoms. The van der Waals surface area contributed by atoms with Gasteiger partial charge in [-0.05, 0) is 53.7 Å². The molecule has 1 heterocycles. The van der Waals surface area contributed by atoms with Gasteiger partial charge in [-0.25, -0.2) is 4.98 Å². The molecule has 0 aromatic carbocycles. The third-order valence-electron chi connectivity index (χ3n) is 3.25. The van der Waals surface area contributed by atoms with E-state index < -0.39 is 0 Å². The van der Waals surface area contributed by atoms with Crippen molar-refractivity contribution >= 4 is 21.7 Å². The van der Waals surface area contributed by atoms with Crippen molar-refractivity contribution in [2.75, 3.05) is 11.4 Å². The summed E-state index contributed by atoms with van der Waals surface area (Å²) >= 11 is 3.52. The second kappa shape index (κ2) is 7.13. The van der Waals surface area contributed by atoms with Gasteiger partial charge >= 0.3 is 0 Å². The molecule has 0 aliphatic rings. The quantitative estimate of drug-likeness (QED) is 0.749. The van der Waals surface area contributed by atoms with Crippen LogP contribution in [0.1, 0.15) is 46.2 Å². The number of nitrogens with zero attached hydrogens (tertiary/aromatic N) is 2. The van der Waals surface area contributed by atoms with E-state index in [9.17, 15) is 0 Å². The predicted molar refractivity (Wildman–Crippen MR) is 83.2 cm³/mol. The standard InChI is InChI=1S/C15H25BrN2/c1-6-13(7-2)18(10-11(3)4)15-9-8-14(16)12(5)17-15/h8-9,11,13H,6-7,10H2,1-5H3. The maximum atomic E-state index is 4.72. The molecule has 0 unspecified atom stereocenters. The highest BCUT2D eigenvalue weighted by molar-refractivity contribution is 9.10. The van der Waals surface area contributed by atoms with Gasteiger partial charge in [0, 0.05) is 17.1 Å². The van der Waals surface area contributed by atoms with Crippen molar-refractivity contribution in [1.29, 1.82) is 0 Å². The van der Waals surface area contributed by atoms with E-state index in [1.807, 2.05) is 6.92 Å². The maximum absolute atomic E-state index is 4.72. The monoisotopic (exact) mass is 312 g/mol. The first-order valence-electron chi connectivity index (χ1n) is 6.89. The van der Waals surface area contributed by atoms with Crippen LogP contribution < -0.4 is 4.90 Å². The third kappa shape index (κ3) is 3.98. The lowest BCUT2D eigenvalue weighted by Crippen LogP contribution is -2.38. The number of hydrogen-bond acceptors (Lipinski definition) is 2. The summed E-state index contributed by atoms with van der Waals surface area (Å²) in [4.78, 5) is 7.18. The summed E-state index contributed by atoms with van der Waals surface area (Å²) in [6.07, 6.45) is 2.33. The van der Waals surface area contributed by atoms with E-state index >= 15 is 0 Å². The Morgan fingerprint density at radius 1 is 1.22 bits per heavy atom. The molecule has 0 saturated carbocycles. The summed E-state index contributed by atoms with van der Waals surface area (Å²) in [7, 11) is 0. The molecule has 1 aromatic rings. The van der Waals surface area contributed by atoms with Crippen LogP contribution >= 0.6 is 15.9 Å². The second-order valence-electron chi connectivity index (χ2n) is 5.25. The molecule has 0 atom stereocenters. The molecule has 0 aliphatic carbocycles. The molecule has 0 aliphatic heterocycles. The minimum Gasteiger partial charge on any atom is -0.353 e. The van der Waals surface area contributed by atoms with Gasteiger partial charge in [-0.15, -0.1) is 0 Å².